The van der Waals surface area contributed by atoms with E-state index in [2.05, 4.69) is 15.2 Å². The SMILES string of the molecule is O=C1CCC(N2C(=O)c3cccc(C#CI)c3C2=O)C(=O)N1. The molecule has 2 aliphatic heterocycles. The van der Waals surface area contributed by atoms with Crippen LogP contribution in [0.2, 0.25) is 0 Å². The summed E-state index contributed by atoms with van der Waals surface area (Å²) in [5.41, 5.74) is 0.924. The van der Waals surface area contributed by atoms with Gasteiger partial charge in [-0.15, -0.1) is 0 Å². The molecule has 2 heterocycles. The first kappa shape index (κ1) is 14.7. The minimum Gasteiger partial charge on any atom is -0.295 e. The maximum Gasteiger partial charge on any atom is 0.263 e. The molecule has 0 bridgehead atoms. The summed E-state index contributed by atoms with van der Waals surface area (Å²) in [5.74, 6) is 0.711. The summed E-state index contributed by atoms with van der Waals surface area (Å²) in [6, 6.07) is 3.89. The van der Waals surface area contributed by atoms with Gasteiger partial charge in [0.15, 0.2) is 0 Å². The van der Waals surface area contributed by atoms with Crippen LogP contribution in [0.15, 0.2) is 18.2 Å². The second-order valence-electron chi connectivity index (χ2n) is 4.89. The van der Waals surface area contributed by atoms with Gasteiger partial charge in [-0.05, 0) is 22.5 Å². The minimum atomic E-state index is -0.953. The van der Waals surface area contributed by atoms with Gasteiger partial charge >= 0.3 is 0 Å². The van der Waals surface area contributed by atoms with Crippen LogP contribution in [-0.4, -0.2) is 34.6 Å². The number of imide groups is 2. The minimum absolute atomic E-state index is 0.101. The lowest BCUT2D eigenvalue weighted by atomic mass is 10.0. The zero-order valence-corrected chi connectivity index (χ0v) is 13.3. The second-order valence-corrected chi connectivity index (χ2v) is 5.43. The van der Waals surface area contributed by atoms with Crippen LogP contribution < -0.4 is 5.32 Å². The molecule has 22 heavy (non-hydrogen) atoms. The van der Waals surface area contributed by atoms with Crippen molar-refractivity contribution in [3.05, 3.63) is 34.9 Å². The molecule has 1 aromatic rings. The summed E-state index contributed by atoms with van der Waals surface area (Å²) in [7, 11) is 0. The van der Waals surface area contributed by atoms with Crippen LogP contribution in [0.25, 0.3) is 0 Å². The number of amides is 4. The molecular weight excluding hydrogens is 399 g/mol. The van der Waals surface area contributed by atoms with Crippen molar-refractivity contribution in [2.75, 3.05) is 0 Å². The van der Waals surface area contributed by atoms with Crippen molar-refractivity contribution in [3.8, 4) is 9.85 Å². The third kappa shape index (κ3) is 2.20. The number of hydrogen-bond donors (Lipinski definition) is 1. The molecule has 0 aromatic heterocycles. The quantitative estimate of drug-likeness (QED) is 0.424. The number of hydrogen-bond acceptors (Lipinski definition) is 4. The molecule has 6 nitrogen and oxygen atoms in total. The zero-order valence-electron chi connectivity index (χ0n) is 11.2. The molecule has 0 saturated carbocycles. The maximum atomic E-state index is 12.6. The largest absolute Gasteiger partial charge is 0.295 e. The average molecular weight is 408 g/mol. The smallest absolute Gasteiger partial charge is 0.263 e. The number of carbonyl (C=O) groups excluding carboxylic acids is 4. The molecule has 7 heteroatoms. The van der Waals surface area contributed by atoms with Gasteiger partial charge in [-0.1, -0.05) is 12.0 Å². The first-order valence-corrected chi connectivity index (χ1v) is 7.58. The van der Waals surface area contributed by atoms with E-state index in [1.165, 1.54) is 0 Å². The molecule has 1 atom stereocenters. The van der Waals surface area contributed by atoms with Crippen LogP contribution >= 0.6 is 22.6 Å². The Morgan fingerprint density at radius 3 is 2.64 bits per heavy atom. The summed E-state index contributed by atoms with van der Waals surface area (Å²) in [6.07, 6.45) is 0.244. The third-order valence-corrected chi connectivity index (χ3v) is 3.92. The lowest BCUT2D eigenvalue weighted by Crippen LogP contribution is -2.54. The molecule has 4 amide bonds. The van der Waals surface area contributed by atoms with Crippen molar-refractivity contribution in [2.24, 2.45) is 0 Å². The van der Waals surface area contributed by atoms with Crippen molar-refractivity contribution in [1.29, 1.82) is 0 Å². The normalized spacial score (nSPS) is 20.4. The Morgan fingerprint density at radius 2 is 1.95 bits per heavy atom. The second kappa shape index (κ2) is 5.53. The van der Waals surface area contributed by atoms with Crippen molar-refractivity contribution < 1.29 is 19.2 Å². The summed E-state index contributed by atoms with van der Waals surface area (Å²) in [5, 5.41) is 2.16. The van der Waals surface area contributed by atoms with E-state index in [9.17, 15) is 19.2 Å². The molecular formula is C15H9IN2O4. The van der Waals surface area contributed by atoms with Crippen LogP contribution in [0.4, 0.5) is 0 Å². The van der Waals surface area contributed by atoms with E-state index in [0.717, 1.165) is 4.90 Å². The number of piperidine rings is 1. The third-order valence-electron chi connectivity index (χ3n) is 3.65. The fraction of sp³-hybridized carbons (Fsp3) is 0.200. The molecule has 1 N–H and O–H groups in total. The molecule has 0 spiro atoms. The number of rotatable bonds is 1. The predicted molar refractivity (Wildman–Crippen MR) is 84.0 cm³/mol. The van der Waals surface area contributed by atoms with E-state index < -0.39 is 29.7 Å². The van der Waals surface area contributed by atoms with E-state index >= 15 is 0 Å². The van der Waals surface area contributed by atoms with E-state index in [1.54, 1.807) is 18.2 Å². The lowest BCUT2D eigenvalue weighted by molar-refractivity contribution is -0.136. The first-order chi connectivity index (χ1) is 10.5. The maximum absolute atomic E-state index is 12.6. The molecule has 2 aliphatic rings. The van der Waals surface area contributed by atoms with Crippen molar-refractivity contribution >= 4 is 46.2 Å². The highest BCUT2D eigenvalue weighted by Gasteiger charge is 2.45. The zero-order chi connectivity index (χ0) is 15.9. The number of benzene rings is 1. The number of fused-ring (bicyclic) bond motifs is 1. The van der Waals surface area contributed by atoms with Gasteiger partial charge in [-0.3, -0.25) is 29.4 Å². The van der Waals surface area contributed by atoms with E-state index in [-0.39, 0.29) is 24.0 Å². The molecule has 1 unspecified atom stereocenters. The number of nitrogens with one attached hydrogen (secondary N) is 1. The van der Waals surface area contributed by atoms with Crippen LogP contribution in [0.3, 0.4) is 0 Å². The summed E-state index contributed by atoms with van der Waals surface area (Å²) in [4.78, 5) is 49.2. The van der Waals surface area contributed by atoms with Crippen molar-refractivity contribution in [1.82, 2.24) is 10.2 Å². The topological polar surface area (TPSA) is 83.6 Å². The first-order valence-electron chi connectivity index (χ1n) is 6.51. The van der Waals surface area contributed by atoms with Gasteiger partial charge in [-0.25, -0.2) is 0 Å². The highest BCUT2D eigenvalue weighted by atomic mass is 127. The standard InChI is InChI=1S/C15H9IN2O4/c16-7-6-8-2-1-3-9-12(8)15(22)18(14(9)21)10-4-5-11(19)17-13(10)20/h1-3,10H,4-5H2,(H,17,19,20). The Kier molecular flexibility index (Phi) is 3.70. The van der Waals surface area contributed by atoms with Gasteiger partial charge in [0.25, 0.3) is 11.8 Å². The van der Waals surface area contributed by atoms with E-state index in [4.69, 9.17) is 0 Å². The Labute approximate surface area is 139 Å². The number of halogens is 1. The molecule has 1 saturated heterocycles. The van der Waals surface area contributed by atoms with Crippen LogP contribution in [0.1, 0.15) is 39.1 Å². The lowest BCUT2D eigenvalue weighted by Gasteiger charge is -2.27. The van der Waals surface area contributed by atoms with Crippen LogP contribution in [0, 0.1) is 9.85 Å². The van der Waals surface area contributed by atoms with Gasteiger partial charge < -0.3 is 0 Å². The predicted octanol–water partition coefficient (Wildman–Crippen LogP) is 0.832. The molecule has 3 rings (SSSR count). The Hall–Kier alpha value is -2.21. The average Bonchev–Trinajstić information content (AvgIpc) is 2.73. The molecule has 0 aliphatic carbocycles. The number of nitrogens with zero attached hydrogens (tertiary/aromatic N) is 1. The van der Waals surface area contributed by atoms with Gasteiger partial charge in [0.1, 0.15) is 6.04 Å². The summed E-state index contributed by atoms with van der Waals surface area (Å²) >= 11 is 1.85. The molecule has 0 radical (unpaired) electrons. The van der Waals surface area contributed by atoms with Crippen LogP contribution in [-0.2, 0) is 9.59 Å². The van der Waals surface area contributed by atoms with Crippen molar-refractivity contribution in [3.63, 3.8) is 0 Å². The molecule has 1 aromatic carbocycles. The summed E-state index contributed by atoms with van der Waals surface area (Å²) < 4.78 is 2.67. The van der Waals surface area contributed by atoms with E-state index in [1.807, 2.05) is 22.6 Å². The van der Waals surface area contributed by atoms with Gasteiger partial charge in [0.05, 0.1) is 11.1 Å². The Morgan fingerprint density at radius 1 is 1.18 bits per heavy atom. The highest BCUT2D eigenvalue weighted by Crippen LogP contribution is 2.29. The molecule has 1 fully saturated rings. The summed E-state index contributed by atoms with van der Waals surface area (Å²) in [6.45, 7) is 0. The fourth-order valence-corrected chi connectivity index (χ4v) is 2.96. The highest BCUT2D eigenvalue weighted by molar-refractivity contribution is 14.1. The van der Waals surface area contributed by atoms with Crippen LogP contribution in [0.5, 0.6) is 0 Å². The Bertz CT molecular complexity index is 790. The van der Waals surface area contributed by atoms with Gasteiger partial charge in [0.2, 0.25) is 11.8 Å². The molecule has 110 valence electrons. The van der Waals surface area contributed by atoms with Gasteiger partial charge in [-0.2, -0.15) is 0 Å². The fourth-order valence-electron chi connectivity index (χ4n) is 2.67. The monoisotopic (exact) mass is 408 g/mol. The Balaban J connectivity index is 2.03. The van der Waals surface area contributed by atoms with E-state index in [0.29, 0.717) is 5.56 Å². The van der Waals surface area contributed by atoms with Crippen molar-refractivity contribution in [2.45, 2.75) is 18.9 Å². The van der Waals surface area contributed by atoms with Gasteiger partial charge in [0, 0.05) is 34.6 Å². The number of carbonyl (C=O) groups is 4.